The molecule has 29 heavy (non-hydrogen) atoms. The monoisotopic (exact) mass is 400 g/mol. The van der Waals surface area contributed by atoms with E-state index >= 15 is 0 Å². The molecule has 3 aromatic rings. The lowest BCUT2D eigenvalue weighted by atomic mass is 9.85. The van der Waals surface area contributed by atoms with Gasteiger partial charge in [-0.25, -0.2) is 28.7 Å². The first kappa shape index (κ1) is 18.4. The second kappa shape index (κ2) is 7.62. The SMILES string of the molecule is FC(F)c1cn2c(-c3nccc(N4CCC(C5CCOCC5)C4)n3)cnc2cn1. The number of fused-ring (bicyclic) bond motifs is 1. The van der Waals surface area contributed by atoms with Crippen LogP contribution in [-0.4, -0.2) is 50.6 Å². The maximum atomic E-state index is 13.1. The largest absolute Gasteiger partial charge is 0.381 e. The molecule has 7 nitrogen and oxygen atoms in total. The van der Waals surface area contributed by atoms with Gasteiger partial charge in [0, 0.05) is 38.7 Å². The number of halogens is 2. The molecule has 0 bridgehead atoms. The van der Waals surface area contributed by atoms with E-state index in [9.17, 15) is 8.78 Å². The van der Waals surface area contributed by atoms with E-state index in [-0.39, 0.29) is 5.69 Å². The van der Waals surface area contributed by atoms with E-state index in [0.717, 1.165) is 51.4 Å². The number of aromatic nitrogens is 5. The Bertz CT molecular complexity index is 1000. The highest BCUT2D eigenvalue weighted by Crippen LogP contribution is 2.33. The first-order valence-electron chi connectivity index (χ1n) is 9.96. The minimum absolute atomic E-state index is 0.299. The molecular weight excluding hydrogens is 378 g/mol. The lowest BCUT2D eigenvalue weighted by molar-refractivity contribution is 0.0500. The molecule has 0 radical (unpaired) electrons. The number of hydrogen-bond acceptors (Lipinski definition) is 6. The molecule has 1 unspecified atom stereocenters. The van der Waals surface area contributed by atoms with E-state index in [1.54, 1.807) is 16.8 Å². The Kier molecular flexibility index (Phi) is 4.83. The summed E-state index contributed by atoms with van der Waals surface area (Å²) < 4.78 is 33.2. The highest BCUT2D eigenvalue weighted by molar-refractivity contribution is 5.58. The number of anilines is 1. The van der Waals surface area contributed by atoms with Crippen LogP contribution in [0.3, 0.4) is 0 Å². The standard InChI is InChI=1S/C20H22F2N6O/c21-19(22)15-12-28-16(9-25-18(28)10-24-15)20-23-5-1-17(26-20)27-6-2-14(11-27)13-3-7-29-8-4-13/h1,5,9-10,12-14,19H,2-4,6-8,11H2. The van der Waals surface area contributed by atoms with Gasteiger partial charge in [-0.3, -0.25) is 4.40 Å². The van der Waals surface area contributed by atoms with Gasteiger partial charge in [0.1, 0.15) is 17.2 Å². The smallest absolute Gasteiger partial charge is 0.281 e. The van der Waals surface area contributed by atoms with Crippen LogP contribution in [0.2, 0.25) is 0 Å². The zero-order valence-electron chi connectivity index (χ0n) is 15.9. The Morgan fingerprint density at radius 3 is 2.72 bits per heavy atom. The molecule has 152 valence electrons. The fraction of sp³-hybridized carbons (Fsp3) is 0.500. The minimum atomic E-state index is -2.64. The average molecular weight is 400 g/mol. The van der Waals surface area contributed by atoms with Gasteiger partial charge in [0.25, 0.3) is 6.43 Å². The summed E-state index contributed by atoms with van der Waals surface area (Å²) in [6, 6.07) is 1.91. The summed E-state index contributed by atoms with van der Waals surface area (Å²) >= 11 is 0. The molecule has 5 rings (SSSR count). The van der Waals surface area contributed by atoms with E-state index in [0.29, 0.717) is 29.0 Å². The first-order chi connectivity index (χ1) is 14.2. The Morgan fingerprint density at radius 2 is 1.90 bits per heavy atom. The number of rotatable bonds is 4. The molecule has 2 aliphatic rings. The van der Waals surface area contributed by atoms with Gasteiger partial charge in [-0.05, 0) is 37.2 Å². The minimum Gasteiger partial charge on any atom is -0.381 e. The van der Waals surface area contributed by atoms with E-state index in [4.69, 9.17) is 9.72 Å². The summed E-state index contributed by atoms with van der Waals surface area (Å²) in [6.07, 6.45) is 6.74. The van der Waals surface area contributed by atoms with Crippen molar-refractivity contribution >= 4 is 11.5 Å². The molecule has 2 saturated heterocycles. The summed E-state index contributed by atoms with van der Waals surface area (Å²) in [4.78, 5) is 19.4. The van der Waals surface area contributed by atoms with Gasteiger partial charge in [0.2, 0.25) is 0 Å². The second-order valence-electron chi connectivity index (χ2n) is 7.67. The van der Waals surface area contributed by atoms with Crippen molar-refractivity contribution in [3.05, 3.63) is 36.5 Å². The molecule has 2 aliphatic heterocycles. The molecule has 0 amide bonds. The molecule has 9 heteroatoms. The molecule has 5 heterocycles. The highest BCUT2D eigenvalue weighted by Gasteiger charge is 2.31. The van der Waals surface area contributed by atoms with Gasteiger partial charge < -0.3 is 9.64 Å². The normalized spacial score (nSPS) is 20.8. The molecule has 0 aromatic carbocycles. The molecule has 0 spiro atoms. The highest BCUT2D eigenvalue weighted by atomic mass is 19.3. The number of ether oxygens (including phenoxy) is 1. The van der Waals surface area contributed by atoms with Gasteiger partial charge in [-0.15, -0.1) is 0 Å². The topological polar surface area (TPSA) is 68.4 Å². The van der Waals surface area contributed by atoms with Crippen LogP contribution < -0.4 is 4.90 Å². The fourth-order valence-corrected chi connectivity index (χ4v) is 4.40. The van der Waals surface area contributed by atoms with Crippen molar-refractivity contribution in [3.63, 3.8) is 0 Å². The Balaban J connectivity index is 1.40. The Hall–Kier alpha value is -2.68. The van der Waals surface area contributed by atoms with Crippen molar-refractivity contribution < 1.29 is 13.5 Å². The average Bonchev–Trinajstić information content (AvgIpc) is 3.41. The van der Waals surface area contributed by atoms with Gasteiger partial charge in [-0.1, -0.05) is 0 Å². The molecule has 0 N–H and O–H groups in total. The molecule has 0 saturated carbocycles. The number of alkyl halides is 2. The van der Waals surface area contributed by atoms with E-state index in [1.165, 1.54) is 12.4 Å². The number of hydrogen-bond donors (Lipinski definition) is 0. The Labute approximate surface area is 166 Å². The first-order valence-corrected chi connectivity index (χ1v) is 9.96. The third-order valence-corrected chi connectivity index (χ3v) is 5.99. The third-order valence-electron chi connectivity index (χ3n) is 5.99. The second-order valence-corrected chi connectivity index (χ2v) is 7.67. The summed E-state index contributed by atoms with van der Waals surface area (Å²) in [7, 11) is 0. The van der Waals surface area contributed by atoms with E-state index < -0.39 is 6.43 Å². The lowest BCUT2D eigenvalue weighted by Crippen LogP contribution is -2.27. The van der Waals surface area contributed by atoms with E-state index in [1.807, 2.05) is 6.07 Å². The van der Waals surface area contributed by atoms with Crippen molar-refractivity contribution in [2.75, 3.05) is 31.2 Å². The van der Waals surface area contributed by atoms with Gasteiger partial charge >= 0.3 is 0 Å². The molecule has 2 fully saturated rings. The molecular formula is C20H22F2N6O. The molecule has 1 atom stereocenters. The van der Waals surface area contributed by atoms with Crippen LogP contribution in [0.5, 0.6) is 0 Å². The maximum absolute atomic E-state index is 13.1. The van der Waals surface area contributed by atoms with Gasteiger partial charge in [0.05, 0.1) is 12.4 Å². The lowest BCUT2D eigenvalue weighted by Gasteiger charge is -2.27. The number of nitrogens with zero attached hydrogens (tertiary/aromatic N) is 6. The Morgan fingerprint density at radius 1 is 1.03 bits per heavy atom. The van der Waals surface area contributed by atoms with Crippen LogP contribution in [0.4, 0.5) is 14.6 Å². The fourth-order valence-electron chi connectivity index (χ4n) is 4.40. The van der Waals surface area contributed by atoms with Crippen LogP contribution in [0.15, 0.2) is 30.9 Å². The third kappa shape index (κ3) is 3.55. The zero-order valence-corrected chi connectivity index (χ0v) is 15.9. The maximum Gasteiger partial charge on any atom is 0.281 e. The van der Waals surface area contributed by atoms with Crippen molar-refractivity contribution in [1.82, 2.24) is 24.3 Å². The van der Waals surface area contributed by atoms with Crippen LogP contribution in [0.25, 0.3) is 17.2 Å². The van der Waals surface area contributed by atoms with E-state index in [2.05, 4.69) is 19.9 Å². The van der Waals surface area contributed by atoms with Gasteiger partial charge in [-0.2, -0.15) is 0 Å². The van der Waals surface area contributed by atoms with Gasteiger partial charge in [0.15, 0.2) is 11.5 Å². The molecule has 3 aromatic heterocycles. The van der Waals surface area contributed by atoms with Crippen LogP contribution in [0, 0.1) is 11.8 Å². The van der Waals surface area contributed by atoms with Crippen molar-refractivity contribution in [1.29, 1.82) is 0 Å². The summed E-state index contributed by atoms with van der Waals surface area (Å²) in [6.45, 7) is 3.67. The predicted octanol–water partition coefficient (Wildman–Crippen LogP) is 3.38. The summed E-state index contributed by atoms with van der Waals surface area (Å²) in [5, 5.41) is 0. The number of imidazole rings is 1. The molecule has 0 aliphatic carbocycles. The summed E-state index contributed by atoms with van der Waals surface area (Å²) in [5.41, 5.74) is 0.761. The zero-order chi connectivity index (χ0) is 19.8. The quantitative estimate of drug-likeness (QED) is 0.669. The van der Waals surface area contributed by atoms with Crippen LogP contribution in [-0.2, 0) is 4.74 Å². The summed E-state index contributed by atoms with van der Waals surface area (Å²) in [5.74, 6) is 2.71. The van der Waals surface area contributed by atoms with Crippen LogP contribution in [0.1, 0.15) is 31.4 Å². The van der Waals surface area contributed by atoms with Crippen molar-refractivity contribution in [2.45, 2.75) is 25.7 Å². The van der Waals surface area contributed by atoms with Crippen molar-refractivity contribution in [2.24, 2.45) is 11.8 Å². The predicted molar refractivity (Wildman–Crippen MR) is 103 cm³/mol. The van der Waals surface area contributed by atoms with Crippen LogP contribution >= 0.6 is 0 Å². The van der Waals surface area contributed by atoms with Crippen molar-refractivity contribution in [3.8, 4) is 11.5 Å².